The van der Waals surface area contributed by atoms with Crippen LogP contribution in [0.1, 0.15) is 12.6 Å². The number of aliphatic carboxylic acids is 2. The molecule has 0 spiro atoms. The van der Waals surface area contributed by atoms with Gasteiger partial charge < -0.3 is 35.6 Å². The van der Waals surface area contributed by atoms with Gasteiger partial charge in [-0.15, -0.1) is 0 Å². The van der Waals surface area contributed by atoms with E-state index in [1.54, 1.807) is 0 Å². The lowest BCUT2D eigenvalue weighted by molar-refractivity contribution is -0.144. The number of aliphatic hydroxyl groups excluding tert-OH is 3. The molecule has 13 heteroatoms. The zero-order valence-corrected chi connectivity index (χ0v) is 13.7. The second-order valence-electron chi connectivity index (χ2n) is 5.91. The van der Waals surface area contributed by atoms with Crippen LogP contribution < -0.4 is 5.32 Å². The maximum Gasteiger partial charge on any atom is 0.326 e. The molecule has 1 unspecified atom stereocenters. The topological polar surface area (TPSA) is 200 Å². The van der Waals surface area contributed by atoms with E-state index >= 15 is 0 Å². The third-order valence-corrected chi connectivity index (χ3v) is 4.14. The molecule has 1 saturated heterocycles. The van der Waals surface area contributed by atoms with E-state index in [-0.39, 0.29) is 17.0 Å². The molecule has 3 rings (SSSR count). The van der Waals surface area contributed by atoms with Gasteiger partial charge in [0.15, 0.2) is 23.2 Å². The summed E-state index contributed by atoms with van der Waals surface area (Å²) < 4.78 is 6.72. The van der Waals surface area contributed by atoms with Crippen molar-refractivity contribution in [1.82, 2.24) is 19.5 Å². The zero-order chi connectivity index (χ0) is 19.7. The van der Waals surface area contributed by atoms with E-state index in [0.717, 1.165) is 6.33 Å². The number of hydrogen-bond donors (Lipinski definition) is 6. The standard InChI is InChI=1S/C14H17N5O8/c20-2-6-9(23)10(24)13(27-6)19-4-17-8-11(15-3-16-12(8)19)18-5(14(25)26)1-7(21)22/h3-6,9-10,13,20,23-24H,1-2H2,(H,21,22)(H,25,26)(H,15,16,18)/t5-,6+,9+,10+,13?/m0/s1. The van der Waals surface area contributed by atoms with E-state index in [1.807, 2.05) is 0 Å². The van der Waals surface area contributed by atoms with Crippen LogP contribution in [0.25, 0.3) is 11.2 Å². The predicted molar refractivity (Wildman–Crippen MR) is 85.6 cm³/mol. The highest BCUT2D eigenvalue weighted by atomic mass is 16.6. The fourth-order valence-electron chi connectivity index (χ4n) is 2.79. The van der Waals surface area contributed by atoms with Gasteiger partial charge in [-0.05, 0) is 0 Å². The van der Waals surface area contributed by atoms with Gasteiger partial charge in [-0.1, -0.05) is 0 Å². The molecular weight excluding hydrogens is 366 g/mol. The largest absolute Gasteiger partial charge is 0.481 e. The van der Waals surface area contributed by atoms with Crippen molar-refractivity contribution in [2.24, 2.45) is 0 Å². The maximum absolute atomic E-state index is 11.2. The Morgan fingerprint density at radius 1 is 1.22 bits per heavy atom. The van der Waals surface area contributed by atoms with E-state index in [0.29, 0.717) is 0 Å². The van der Waals surface area contributed by atoms with Crippen LogP contribution in [0.3, 0.4) is 0 Å². The number of aliphatic hydroxyl groups is 3. The molecule has 5 atom stereocenters. The fraction of sp³-hybridized carbons (Fsp3) is 0.500. The van der Waals surface area contributed by atoms with Crippen LogP contribution in [-0.2, 0) is 14.3 Å². The Kier molecular flexibility index (Phi) is 5.18. The molecule has 1 aliphatic rings. The van der Waals surface area contributed by atoms with Gasteiger partial charge in [-0.25, -0.2) is 19.7 Å². The third-order valence-electron chi connectivity index (χ3n) is 4.14. The lowest BCUT2D eigenvalue weighted by Crippen LogP contribution is -2.33. The van der Waals surface area contributed by atoms with E-state index in [2.05, 4.69) is 20.3 Å². The number of aromatic nitrogens is 4. The molecule has 27 heavy (non-hydrogen) atoms. The van der Waals surface area contributed by atoms with Crippen LogP contribution in [0.5, 0.6) is 0 Å². The lowest BCUT2D eigenvalue weighted by atomic mass is 10.1. The first-order valence-corrected chi connectivity index (χ1v) is 7.84. The Morgan fingerprint density at radius 3 is 2.56 bits per heavy atom. The van der Waals surface area contributed by atoms with Crippen molar-refractivity contribution in [2.75, 3.05) is 11.9 Å². The van der Waals surface area contributed by atoms with Gasteiger partial charge in [-0.3, -0.25) is 9.36 Å². The minimum atomic E-state index is -1.44. The van der Waals surface area contributed by atoms with Crippen molar-refractivity contribution in [2.45, 2.75) is 37.0 Å². The number of imidazole rings is 1. The predicted octanol–water partition coefficient (Wildman–Crippen LogP) is -2.22. The SMILES string of the molecule is O=C(O)C[C@H](Nc1ncnc2c1ncn2C1O[C@H](CO)[C@@H](O)[C@H]1O)C(=O)O. The number of carboxylic acid groups (broad SMARTS) is 2. The first-order valence-electron chi connectivity index (χ1n) is 7.84. The minimum absolute atomic E-state index is 0.0147. The van der Waals surface area contributed by atoms with Crippen molar-refractivity contribution < 1.29 is 39.9 Å². The third kappa shape index (κ3) is 3.52. The van der Waals surface area contributed by atoms with Crippen molar-refractivity contribution in [3.05, 3.63) is 12.7 Å². The molecule has 13 nitrogen and oxygen atoms in total. The van der Waals surface area contributed by atoms with Gasteiger partial charge in [0.05, 0.1) is 19.4 Å². The summed E-state index contributed by atoms with van der Waals surface area (Å²) in [4.78, 5) is 34.0. The van der Waals surface area contributed by atoms with Crippen LogP contribution in [0.15, 0.2) is 12.7 Å². The van der Waals surface area contributed by atoms with Gasteiger partial charge in [-0.2, -0.15) is 0 Å². The summed E-state index contributed by atoms with van der Waals surface area (Å²) in [6.45, 7) is -0.501. The Labute approximate surface area is 150 Å². The van der Waals surface area contributed by atoms with Gasteiger partial charge >= 0.3 is 11.9 Å². The number of ether oxygens (including phenoxy) is 1. The molecule has 146 valence electrons. The summed E-state index contributed by atoms with van der Waals surface area (Å²) in [5, 5.41) is 49.7. The quantitative estimate of drug-likeness (QED) is 0.301. The highest BCUT2D eigenvalue weighted by Gasteiger charge is 2.44. The lowest BCUT2D eigenvalue weighted by Gasteiger charge is -2.17. The second kappa shape index (κ2) is 7.40. The number of anilines is 1. The summed E-state index contributed by atoms with van der Waals surface area (Å²) in [6.07, 6.45) is -3.08. The van der Waals surface area contributed by atoms with Gasteiger partial charge in [0, 0.05) is 0 Å². The molecule has 0 aromatic carbocycles. The van der Waals surface area contributed by atoms with Crippen molar-refractivity contribution >= 4 is 28.9 Å². The van der Waals surface area contributed by atoms with Crippen LogP contribution in [0, 0.1) is 0 Å². The molecule has 0 aliphatic carbocycles. The second-order valence-corrected chi connectivity index (χ2v) is 5.91. The van der Waals surface area contributed by atoms with E-state index in [9.17, 15) is 24.9 Å². The van der Waals surface area contributed by atoms with Crippen LogP contribution in [0.4, 0.5) is 5.82 Å². The highest BCUT2D eigenvalue weighted by Crippen LogP contribution is 2.32. The molecule has 0 bridgehead atoms. The smallest absolute Gasteiger partial charge is 0.326 e. The summed E-state index contributed by atoms with van der Waals surface area (Å²) in [7, 11) is 0. The van der Waals surface area contributed by atoms with Gasteiger partial charge in [0.1, 0.15) is 30.7 Å². The number of nitrogens with zero attached hydrogens (tertiary/aromatic N) is 4. The highest BCUT2D eigenvalue weighted by molar-refractivity contribution is 5.88. The number of nitrogens with one attached hydrogen (secondary N) is 1. The molecule has 2 aromatic heterocycles. The normalized spacial score (nSPS) is 26.2. The fourth-order valence-corrected chi connectivity index (χ4v) is 2.79. The number of carboxylic acids is 2. The molecule has 2 aromatic rings. The summed E-state index contributed by atoms with van der Waals surface area (Å²) in [5.41, 5.74) is 0.272. The molecule has 3 heterocycles. The number of fused-ring (bicyclic) bond motifs is 1. The van der Waals surface area contributed by atoms with Gasteiger partial charge in [0.25, 0.3) is 0 Å². The Balaban J connectivity index is 1.93. The summed E-state index contributed by atoms with van der Waals surface area (Å²) >= 11 is 0. The Hall–Kier alpha value is -2.87. The molecule has 1 aliphatic heterocycles. The van der Waals surface area contributed by atoms with Gasteiger partial charge in [0.2, 0.25) is 0 Å². The Bertz CT molecular complexity index is 857. The van der Waals surface area contributed by atoms with Crippen molar-refractivity contribution in [1.29, 1.82) is 0 Å². The van der Waals surface area contributed by atoms with Crippen molar-refractivity contribution in [3.63, 3.8) is 0 Å². The monoisotopic (exact) mass is 383 g/mol. The average molecular weight is 383 g/mol. The van der Waals surface area contributed by atoms with Crippen molar-refractivity contribution in [3.8, 4) is 0 Å². The molecular formula is C14H17N5O8. The molecule has 0 saturated carbocycles. The van der Waals surface area contributed by atoms with E-state index in [1.165, 1.54) is 10.9 Å². The number of carbonyl (C=O) groups is 2. The number of hydrogen-bond acceptors (Lipinski definition) is 10. The first kappa shape index (κ1) is 18.9. The van der Waals surface area contributed by atoms with Crippen LogP contribution >= 0.6 is 0 Å². The average Bonchev–Trinajstić information content (AvgIpc) is 3.16. The minimum Gasteiger partial charge on any atom is -0.481 e. The van der Waals surface area contributed by atoms with E-state index in [4.69, 9.17) is 14.9 Å². The first-order chi connectivity index (χ1) is 12.8. The van der Waals surface area contributed by atoms with E-state index < -0.39 is 55.5 Å². The Morgan fingerprint density at radius 2 is 1.96 bits per heavy atom. The zero-order valence-electron chi connectivity index (χ0n) is 13.7. The van der Waals surface area contributed by atoms with Crippen LogP contribution in [0.2, 0.25) is 0 Å². The maximum atomic E-state index is 11.2. The molecule has 0 radical (unpaired) electrons. The molecule has 0 amide bonds. The summed E-state index contributed by atoms with van der Waals surface area (Å²) in [5.74, 6) is -2.71. The summed E-state index contributed by atoms with van der Waals surface area (Å²) in [6, 6.07) is -1.44. The van der Waals surface area contributed by atoms with Crippen LogP contribution in [-0.4, -0.2) is 88.0 Å². The molecule has 6 N–H and O–H groups in total. The number of rotatable bonds is 7. The molecule has 1 fully saturated rings.